The normalized spacial score (nSPS) is 4.64. The zero-order chi connectivity index (χ0) is 7.15. The van der Waals surface area contributed by atoms with Gasteiger partial charge >= 0.3 is 74.5 Å². The quantitative estimate of drug-likeness (QED) is 0.423. The van der Waals surface area contributed by atoms with Crippen molar-refractivity contribution in [2.24, 2.45) is 11.5 Å². The molecular weight excluding hydrogens is 269 g/mol. The molecule has 0 aliphatic rings. The van der Waals surface area contributed by atoms with Gasteiger partial charge in [0.15, 0.2) is 0 Å². The molecule has 0 rings (SSSR count). The van der Waals surface area contributed by atoms with Gasteiger partial charge in [0, 0.05) is 0 Å². The van der Waals surface area contributed by atoms with E-state index in [1.807, 2.05) is 0 Å². The van der Waals surface area contributed by atoms with Crippen molar-refractivity contribution in [3.05, 3.63) is 0 Å². The van der Waals surface area contributed by atoms with E-state index in [-0.39, 0.29) is 68.5 Å². The van der Waals surface area contributed by atoms with Crippen LogP contribution < -0.4 is 56.1 Å². The van der Waals surface area contributed by atoms with Gasteiger partial charge < -0.3 is 26.5 Å². The van der Waals surface area contributed by atoms with E-state index in [0.717, 1.165) is 0 Å². The summed E-state index contributed by atoms with van der Waals surface area (Å²) in [6.45, 7) is 0. The number of nitrogens with two attached hydrogens (primary N) is 2. The average Bonchev–Trinajstić information content (AvgIpc) is 1.25. The summed E-state index contributed by atoms with van der Waals surface area (Å²) in [6, 6.07) is -0.833. The molecule has 0 atom stereocenters. The number of carbonyl (C=O) groups excluding carboxylic acids is 1. The van der Waals surface area contributed by atoms with Crippen LogP contribution in [0, 0.1) is 0 Å². The van der Waals surface area contributed by atoms with Crippen LogP contribution in [0.15, 0.2) is 0 Å². The predicted molar refractivity (Wildman–Crippen MR) is 19.5 cm³/mol. The Balaban J connectivity index is -0.0000000171. The van der Waals surface area contributed by atoms with Gasteiger partial charge in [-0.15, -0.1) is 0 Å². The SMILES string of the molecule is NC(N)=O.[Na+].[O-]B([O-])[O-].[Zn+2].[Zn+2]. The molecule has 0 radical (unpaired) electrons. The minimum atomic E-state index is -2.92. The van der Waals surface area contributed by atoms with Crippen LogP contribution in [0.5, 0.6) is 0 Å². The third-order valence-electron chi connectivity index (χ3n) is 0. The molecule has 0 aromatic rings. The first-order valence-corrected chi connectivity index (χ1v) is 1.49. The van der Waals surface area contributed by atoms with E-state index in [4.69, 9.17) is 19.9 Å². The second kappa shape index (κ2) is 22.5. The van der Waals surface area contributed by atoms with Crippen molar-refractivity contribution in [2.75, 3.05) is 0 Å². The summed E-state index contributed by atoms with van der Waals surface area (Å²) < 4.78 is 0. The molecule has 6 nitrogen and oxygen atoms in total. The van der Waals surface area contributed by atoms with Gasteiger partial charge in [-0.25, -0.2) is 4.79 Å². The minimum Gasteiger partial charge on any atom is -0.907 e. The number of hydrogen-bond acceptors (Lipinski definition) is 4. The molecule has 0 aliphatic heterocycles. The van der Waals surface area contributed by atoms with Crippen LogP contribution in [0.25, 0.3) is 0 Å². The Hall–Kier alpha value is 1.46. The Morgan fingerprint density at radius 2 is 1.09 bits per heavy atom. The van der Waals surface area contributed by atoms with Crippen LogP contribution >= 0.6 is 0 Å². The van der Waals surface area contributed by atoms with Crippen LogP contribution in [0.3, 0.4) is 0 Å². The molecule has 0 aliphatic carbocycles. The van der Waals surface area contributed by atoms with Crippen molar-refractivity contribution in [3.8, 4) is 0 Å². The van der Waals surface area contributed by atoms with Crippen molar-refractivity contribution in [1.82, 2.24) is 0 Å². The van der Waals surface area contributed by atoms with Gasteiger partial charge in [0.2, 0.25) is 0 Å². The van der Waals surface area contributed by atoms with Crippen molar-refractivity contribution in [1.29, 1.82) is 0 Å². The van der Waals surface area contributed by atoms with E-state index in [0.29, 0.717) is 0 Å². The molecule has 0 unspecified atom stereocenters. The van der Waals surface area contributed by atoms with Gasteiger partial charge in [0.1, 0.15) is 0 Å². The topological polar surface area (TPSA) is 138 Å². The molecule has 48 valence electrons. The van der Waals surface area contributed by atoms with Gasteiger partial charge in [0.05, 0.1) is 0 Å². The maximum Gasteiger partial charge on any atom is 2.00 e. The van der Waals surface area contributed by atoms with E-state index < -0.39 is 13.4 Å². The Labute approximate surface area is 112 Å². The Morgan fingerprint density at radius 3 is 1.09 bits per heavy atom. The van der Waals surface area contributed by atoms with Gasteiger partial charge in [-0.2, -0.15) is 0 Å². The number of carbonyl (C=O) groups is 1. The number of rotatable bonds is 0. The Bertz CT molecular complexity index is 70.4. The minimum absolute atomic E-state index is 0. The van der Waals surface area contributed by atoms with Gasteiger partial charge in [0.25, 0.3) is 0 Å². The van der Waals surface area contributed by atoms with Crippen molar-refractivity contribution < 1.29 is 88.4 Å². The molecule has 0 fully saturated rings. The van der Waals surface area contributed by atoms with Crippen LogP contribution in [-0.4, -0.2) is 13.4 Å². The van der Waals surface area contributed by atoms with E-state index in [1.165, 1.54) is 0 Å². The molecule has 0 aromatic carbocycles. The smallest absolute Gasteiger partial charge is 0.907 e. The number of urea groups is 1. The number of primary amides is 2. The van der Waals surface area contributed by atoms with Gasteiger partial charge in [-0.3, -0.25) is 7.32 Å². The largest absolute Gasteiger partial charge is 2.00 e. The number of hydrogen-bond donors (Lipinski definition) is 2. The van der Waals surface area contributed by atoms with E-state index in [2.05, 4.69) is 11.5 Å². The molecule has 10 heteroatoms. The molecule has 2 amide bonds. The summed E-state index contributed by atoms with van der Waals surface area (Å²) in [4.78, 5) is 9.00. The van der Waals surface area contributed by atoms with E-state index in [1.54, 1.807) is 0 Å². The molecule has 0 saturated heterocycles. The van der Waals surface area contributed by atoms with E-state index in [9.17, 15) is 0 Å². The standard InChI is InChI=1S/CH4N2O.BO3.Na.2Zn/c2*2-1(3)4;;;/h(H4,2,3,4);;;;/q;-3;+1;2*+2. The van der Waals surface area contributed by atoms with E-state index >= 15 is 0 Å². The Kier molecular flexibility index (Phi) is 60.2. The average molecular weight is 273 g/mol. The fourth-order valence-corrected chi connectivity index (χ4v) is 0. The summed E-state index contributed by atoms with van der Waals surface area (Å²) in [5, 5.41) is 25.2. The van der Waals surface area contributed by atoms with Crippen LogP contribution in [0.2, 0.25) is 0 Å². The fourth-order valence-electron chi connectivity index (χ4n) is 0. The molecule has 0 aromatic heterocycles. The fraction of sp³-hybridized carbons (Fsp3) is 0. The first kappa shape index (κ1) is 29.4. The molecule has 0 heterocycles. The van der Waals surface area contributed by atoms with Crippen molar-refractivity contribution in [2.45, 2.75) is 0 Å². The van der Waals surface area contributed by atoms with Gasteiger partial charge in [-0.05, 0) is 0 Å². The third kappa shape index (κ3) is 480. The summed E-state index contributed by atoms with van der Waals surface area (Å²) in [7, 11) is -2.92. The first-order valence-electron chi connectivity index (χ1n) is 1.49. The molecule has 0 spiro atoms. The second-order valence-electron chi connectivity index (χ2n) is 0.691. The first-order chi connectivity index (χ1) is 3.46. The molecule has 0 saturated carbocycles. The molecule has 4 N–H and O–H groups in total. The zero-order valence-electron chi connectivity index (χ0n) is 6.28. The summed E-state index contributed by atoms with van der Waals surface area (Å²) >= 11 is 0. The third-order valence-corrected chi connectivity index (χ3v) is 0. The second-order valence-corrected chi connectivity index (χ2v) is 0.691. The van der Waals surface area contributed by atoms with Gasteiger partial charge in [-0.1, -0.05) is 0 Å². The van der Waals surface area contributed by atoms with Crippen molar-refractivity contribution >= 4 is 13.4 Å². The maximum atomic E-state index is 9.00. The van der Waals surface area contributed by atoms with Crippen LogP contribution in [0.4, 0.5) is 4.79 Å². The number of amides is 2. The molecular formula is CH4BN2NaO4Zn2+2. The van der Waals surface area contributed by atoms with Crippen LogP contribution in [0.1, 0.15) is 0 Å². The van der Waals surface area contributed by atoms with Crippen molar-refractivity contribution in [3.63, 3.8) is 0 Å². The molecule has 0 bridgehead atoms. The Morgan fingerprint density at radius 1 is 1.09 bits per heavy atom. The van der Waals surface area contributed by atoms with Crippen LogP contribution in [-0.2, 0) is 39.0 Å². The summed E-state index contributed by atoms with van der Waals surface area (Å²) in [5.74, 6) is 0. The predicted octanol–water partition coefficient (Wildman–Crippen LogP) is -7.92. The monoisotopic (exact) mass is 270 g/mol. The summed E-state index contributed by atoms with van der Waals surface area (Å²) in [5.41, 5.74) is 8.50. The zero-order valence-corrected chi connectivity index (χ0v) is 14.2. The maximum absolute atomic E-state index is 9.00. The molecule has 11 heavy (non-hydrogen) atoms. The summed E-state index contributed by atoms with van der Waals surface area (Å²) in [6.07, 6.45) is 0.